The molecule has 1 fully saturated rings. The smallest absolute Gasteiger partial charge is 0.124 e. The Morgan fingerprint density at radius 3 is 2.70 bits per heavy atom. The lowest BCUT2D eigenvalue weighted by Gasteiger charge is -2.47. The van der Waals surface area contributed by atoms with Crippen molar-refractivity contribution in [3.63, 3.8) is 0 Å². The van der Waals surface area contributed by atoms with Gasteiger partial charge in [0.05, 0.1) is 16.9 Å². The van der Waals surface area contributed by atoms with E-state index >= 15 is 0 Å². The molecule has 0 atom stereocenters. The zero-order valence-corrected chi connectivity index (χ0v) is 14.8. The topological polar surface area (TPSA) is 21.1 Å². The summed E-state index contributed by atoms with van der Waals surface area (Å²) in [4.78, 5) is 7.07. The molecule has 1 aliphatic carbocycles. The van der Waals surface area contributed by atoms with Crippen LogP contribution in [0.4, 0.5) is 0 Å². The second-order valence-corrected chi connectivity index (χ2v) is 7.37. The van der Waals surface area contributed by atoms with Crippen molar-refractivity contribution in [3.05, 3.63) is 27.6 Å². The molecule has 3 rings (SSSR count). The number of imidazole rings is 1. The Balaban J connectivity index is 2.05. The number of hydrogen-bond donors (Lipinski definition) is 0. The summed E-state index contributed by atoms with van der Waals surface area (Å²) in [5.74, 6) is 1.45. The molecule has 0 aliphatic heterocycles. The van der Waals surface area contributed by atoms with Gasteiger partial charge in [-0.15, -0.1) is 11.6 Å². The van der Waals surface area contributed by atoms with Crippen LogP contribution < -0.4 is 0 Å². The van der Waals surface area contributed by atoms with E-state index in [1.807, 2.05) is 0 Å². The minimum absolute atomic E-state index is 0.275. The van der Waals surface area contributed by atoms with E-state index in [0.717, 1.165) is 17.9 Å². The van der Waals surface area contributed by atoms with E-state index < -0.39 is 0 Å². The highest BCUT2D eigenvalue weighted by Gasteiger charge is 2.40. The van der Waals surface area contributed by atoms with Crippen LogP contribution in [0.15, 0.2) is 18.2 Å². The zero-order valence-electron chi connectivity index (χ0n) is 11.9. The molecule has 20 heavy (non-hydrogen) atoms. The van der Waals surface area contributed by atoms with Crippen LogP contribution in [-0.4, -0.2) is 34.1 Å². The van der Waals surface area contributed by atoms with Gasteiger partial charge in [-0.25, -0.2) is 4.98 Å². The first-order valence-electron chi connectivity index (χ1n) is 6.94. The predicted octanol–water partition coefficient (Wildman–Crippen LogP) is 3.86. The van der Waals surface area contributed by atoms with E-state index in [-0.39, 0.29) is 5.54 Å². The molecule has 1 heterocycles. The van der Waals surface area contributed by atoms with Crippen molar-refractivity contribution in [2.24, 2.45) is 0 Å². The highest BCUT2D eigenvalue weighted by molar-refractivity contribution is 14.1. The maximum absolute atomic E-state index is 6.11. The molecule has 3 nitrogen and oxygen atoms in total. The van der Waals surface area contributed by atoms with E-state index in [1.165, 1.54) is 28.3 Å². The summed E-state index contributed by atoms with van der Waals surface area (Å²) in [5, 5.41) is 0. The van der Waals surface area contributed by atoms with E-state index in [2.05, 4.69) is 64.4 Å². The number of aromatic nitrogens is 2. The molecule has 2 aromatic rings. The molecule has 5 heteroatoms. The summed E-state index contributed by atoms with van der Waals surface area (Å²) < 4.78 is 3.53. The van der Waals surface area contributed by atoms with Crippen molar-refractivity contribution in [1.82, 2.24) is 14.5 Å². The summed E-state index contributed by atoms with van der Waals surface area (Å²) in [6, 6.07) is 6.44. The van der Waals surface area contributed by atoms with Gasteiger partial charge in [0.1, 0.15) is 5.82 Å². The van der Waals surface area contributed by atoms with Gasteiger partial charge in [-0.05, 0) is 74.1 Å². The van der Waals surface area contributed by atoms with Crippen molar-refractivity contribution in [2.75, 3.05) is 14.1 Å². The Morgan fingerprint density at radius 2 is 2.15 bits per heavy atom. The quantitative estimate of drug-likeness (QED) is 0.571. The Kier molecular flexibility index (Phi) is 3.99. The van der Waals surface area contributed by atoms with Crippen LogP contribution in [0.1, 0.15) is 25.1 Å². The van der Waals surface area contributed by atoms with E-state index in [0.29, 0.717) is 5.88 Å². The van der Waals surface area contributed by atoms with Gasteiger partial charge >= 0.3 is 0 Å². The lowest BCUT2D eigenvalue weighted by molar-refractivity contribution is 0.0429. The Labute approximate surface area is 138 Å². The van der Waals surface area contributed by atoms with E-state index in [4.69, 9.17) is 16.6 Å². The van der Waals surface area contributed by atoms with Crippen LogP contribution in [-0.2, 0) is 12.4 Å². The average Bonchev–Trinajstić information content (AvgIpc) is 2.69. The molecule has 1 aromatic carbocycles. The van der Waals surface area contributed by atoms with Crippen LogP contribution in [0.5, 0.6) is 0 Å². The van der Waals surface area contributed by atoms with Gasteiger partial charge in [0.25, 0.3) is 0 Å². The third-order valence-electron chi connectivity index (χ3n) is 4.59. The minimum Gasteiger partial charge on any atom is -0.325 e. The molecule has 0 unspecified atom stereocenters. The standard InChI is InChI=1S/C15H19ClIN3/c1-19(2)15(6-3-7-15)10-20-13-5-4-11(17)8-12(13)18-14(20)9-16/h4-5,8H,3,6-7,9-10H2,1-2H3. The first-order chi connectivity index (χ1) is 9.55. The Hall–Kier alpha value is -0.330. The minimum atomic E-state index is 0.275. The predicted molar refractivity (Wildman–Crippen MR) is 92.3 cm³/mol. The normalized spacial score (nSPS) is 17.6. The number of halogens is 2. The van der Waals surface area contributed by atoms with Gasteiger partial charge in [0, 0.05) is 15.7 Å². The first kappa shape index (κ1) is 14.6. The Morgan fingerprint density at radius 1 is 1.40 bits per heavy atom. The molecular weight excluding hydrogens is 385 g/mol. The summed E-state index contributed by atoms with van der Waals surface area (Å²) in [7, 11) is 4.36. The Bertz CT molecular complexity index is 631. The van der Waals surface area contributed by atoms with Crippen LogP contribution >= 0.6 is 34.2 Å². The first-order valence-corrected chi connectivity index (χ1v) is 8.55. The molecule has 0 radical (unpaired) electrons. The zero-order chi connectivity index (χ0) is 14.3. The lowest BCUT2D eigenvalue weighted by atomic mass is 9.75. The number of nitrogens with zero attached hydrogens (tertiary/aromatic N) is 3. The van der Waals surface area contributed by atoms with Crippen molar-refractivity contribution in [3.8, 4) is 0 Å². The van der Waals surface area contributed by atoms with Gasteiger partial charge in [0.2, 0.25) is 0 Å². The molecular formula is C15H19ClIN3. The number of benzene rings is 1. The maximum Gasteiger partial charge on any atom is 0.124 e. The number of likely N-dealkylation sites (N-methyl/N-ethyl adjacent to an activating group) is 1. The third-order valence-corrected chi connectivity index (χ3v) is 5.50. The van der Waals surface area contributed by atoms with Crippen LogP contribution in [0.2, 0.25) is 0 Å². The molecule has 0 spiro atoms. The molecule has 108 valence electrons. The van der Waals surface area contributed by atoms with Crippen LogP contribution in [0, 0.1) is 3.57 Å². The fourth-order valence-electron chi connectivity index (χ4n) is 3.06. The van der Waals surface area contributed by atoms with Crippen molar-refractivity contribution < 1.29 is 0 Å². The maximum atomic E-state index is 6.11. The molecule has 0 bridgehead atoms. The average molecular weight is 404 g/mol. The number of rotatable bonds is 4. The largest absolute Gasteiger partial charge is 0.325 e. The monoisotopic (exact) mass is 403 g/mol. The number of alkyl halides is 1. The summed E-state index contributed by atoms with van der Waals surface area (Å²) in [5.41, 5.74) is 2.53. The number of hydrogen-bond acceptors (Lipinski definition) is 2. The molecule has 0 amide bonds. The molecule has 0 N–H and O–H groups in total. The lowest BCUT2D eigenvalue weighted by Crippen LogP contribution is -2.53. The molecule has 0 saturated heterocycles. The van der Waals surface area contributed by atoms with Gasteiger partial charge in [-0.1, -0.05) is 0 Å². The van der Waals surface area contributed by atoms with Crippen molar-refractivity contribution in [1.29, 1.82) is 0 Å². The summed E-state index contributed by atoms with van der Waals surface area (Å²) >= 11 is 8.44. The van der Waals surface area contributed by atoms with Gasteiger partial charge in [-0.3, -0.25) is 0 Å². The third kappa shape index (κ3) is 2.35. The van der Waals surface area contributed by atoms with Gasteiger partial charge in [0.15, 0.2) is 0 Å². The fraction of sp³-hybridized carbons (Fsp3) is 0.533. The highest BCUT2D eigenvalue weighted by Crippen LogP contribution is 2.38. The fourth-order valence-corrected chi connectivity index (χ4v) is 3.74. The van der Waals surface area contributed by atoms with E-state index in [9.17, 15) is 0 Å². The van der Waals surface area contributed by atoms with Crippen LogP contribution in [0.25, 0.3) is 11.0 Å². The van der Waals surface area contributed by atoms with Crippen molar-refractivity contribution in [2.45, 2.75) is 37.2 Å². The molecule has 1 aliphatic rings. The molecule has 1 saturated carbocycles. The summed E-state index contributed by atoms with van der Waals surface area (Å²) in [6.07, 6.45) is 3.83. The second kappa shape index (κ2) is 5.46. The van der Waals surface area contributed by atoms with Crippen molar-refractivity contribution >= 4 is 45.2 Å². The second-order valence-electron chi connectivity index (χ2n) is 5.85. The van der Waals surface area contributed by atoms with Crippen LogP contribution in [0.3, 0.4) is 0 Å². The van der Waals surface area contributed by atoms with E-state index in [1.54, 1.807) is 0 Å². The SMILES string of the molecule is CN(C)C1(Cn2c(CCl)nc3cc(I)ccc32)CCC1. The van der Waals surface area contributed by atoms with Gasteiger partial charge in [-0.2, -0.15) is 0 Å². The summed E-state index contributed by atoms with van der Waals surface area (Å²) in [6.45, 7) is 0.985. The van der Waals surface area contributed by atoms with Gasteiger partial charge < -0.3 is 9.47 Å². The molecule has 1 aromatic heterocycles. The number of fused-ring (bicyclic) bond motifs is 1. The highest BCUT2D eigenvalue weighted by atomic mass is 127.